The highest BCUT2D eigenvalue weighted by molar-refractivity contribution is 6.36. The summed E-state index contributed by atoms with van der Waals surface area (Å²) < 4.78 is 14.5. The molecule has 0 fully saturated rings. The highest BCUT2D eigenvalue weighted by atomic mass is 35.5. The van der Waals surface area contributed by atoms with Crippen LogP contribution in [0.4, 0.5) is 10.2 Å². The summed E-state index contributed by atoms with van der Waals surface area (Å²) in [5.41, 5.74) is 7.48. The van der Waals surface area contributed by atoms with E-state index >= 15 is 0 Å². The zero-order valence-corrected chi connectivity index (χ0v) is 18.8. The molecule has 0 saturated carbocycles. The molecule has 3 rings (SSSR count). The van der Waals surface area contributed by atoms with E-state index in [1.807, 2.05) is 6.07 Å². The van der Waals surface area contributed by atoms with Gasteiger partial charge in [0.05, 0.1) is 28.5 Å². The molecule has 3 aromatic rings. The number of nitriles is 1. The first kappa shape index (κ1) is 24.0. The number of nitrogen functional groups attached to an aromatic ring is 1. The van der Waals surface area contributed by atoms with Crippen LogP contribution >= 0.6 is 23.2 Å². The van der Waals surface area contributed by atoms with Gasteiger partial charge in [0, 0.05) is 11.6 Å². The maximum absolute atomic E-state index is 13.2. The molecule has 0 bridgehead atoms. The minimum atomic E-state index is -0.493. The predicted octanol–water partition coefficient (Wildman–Crippen LogP) is 3.25. The van der Waals surface area contributed by atoms with E-state index in [0.717, 1.165) is 0 Å². The number of nitrogens with one attached hydrogen (secondary N) is 2. The van der Waals surface area contributed by atoms with Crippen LogP contribution in [-0.4, -0.2) is 34.7 Å². The number of hydrogen-bond acceptors (Lipinski definition) is 5. The van der Waals surface area contributed by atoms with E-state index < -0.39 is 11.7 Å². The molecular weight excluding hydrogens is 470 g/mol. The van der Waals surface area contributed by atoms with Gasteiger partial charge in [-0.05, 0) is 55.3 Å². The Bertz CT molecular complexity index is 1220. The van der Waals surface area contributed by atoms with Crippen molar-refractivity contribution < 1.29 is 14.0 Å². The standard InChI is InChI=1S/C22H19Cl2FN6O2/c23-13-3-8-16(18(24)10-13)22(33)29-12-20(32)28-9-1-2-19-17(11-26)21(27)31(30-19)15-6-4-14(25)5-7-15/h3-8,10H,1-2,9,12,27H2,(H,28,32)(H,29,33). The minimum absolute atomic E-state index is 0.159. The molecule has 1 aromatic heterocycles. The smallest absolute Gasteiger partial charge is 0.253 e. The lowest BCUT2D eigenvalue weighted by atomic mass is 10.1. The lowest BCUT2D eigenvalue weighted by Gasteiger charge is -2.08. The van der Waals surface area contributed by atoms with Crippen LogP contribution in [-0.2, 0) is 11.2 Å². The van der Waals surface area contributed by atoms with Crippen molar-refractivity contribution in [3.05, 3.63) is 75.1 Å². The van der Waals surface area contributed by atoms with Gasteiger partial charge >= 0.3 is 0 Å². The normalized spacial score (nSPS) is 10.5. The Hall–Kier alpha value is -3.61. The molecule has 11 heteroatoms. The van der Waals surface area contributed by atoms with Gasteiger partial charge in [-0.2, -0.15) is 10.4 Å². The van der Waals surface area contributed by atoms with Gasteiger partial charge < -0.3 is 16.4 Å². The topological polar surface area (TPSA) is 126 Å². The average molecular weight is 489 g/mol. The zero-order valence-electron chi connectivity index (χ0n) is 17.2. The van der Waals surface area contributed by atoms with E-state index in [2.05, 4.69) is 15.7 Å². The molecule has 0 aliphatic rings. The number of aryl methyl sites for hydroxylation is 1. The van der Waals surface area contributed by atoms with E-state index in [0.29, 0.717) is 35.8 Å². The summed E-state index contributed by atoms with van der Waals surface area (Å²) in [4.78, 5) is 24.2. The third kappa shape index (κ3) is 6.00. The lowest BCUT2D eigenvalue weighted by molar-refractivity contribution is -0.120. The van der Waals surface area contributed by atoms with Crippen molar-refractivity contribution >= 4 is 40.8 Å². The van der Waals surface area contributed by atoms with Crippen molar-refractivity contribution in [3.8, 4) is 11.8 Å². The molecule has 170 valence electrons. The second kappa shape index (κ2) is 10.8. The number of amides is 2. The van der Waals surface area contributed by atoms with Crippen molar-refractivity contribution in [1.29, 1.82) is 5.26 Å². The maximum Gasteiger partial charge on any atom is 0.253 e. The van der Waals surface area contributed by atoms with E-state index in [1.165, 1.54) is 47.1 Å². The van der Waals surface area contributed by atoms with Gasteiger partial charge in [-0.25, -0.2) is 9.07 Å². The Labute approximate surface area is 199 Å². The number of carbonyl (C=O) groups is 2. The molecule has 2 aromatic carbocycles. The number of halogens is 3. The molecule has 0 atom stereocenters. The Morgan fingerprint density at radius 1 is 1.15 bits per heavy atom. The largest absolute Gasteiger partial charge is 0.382 e. The van der Waals surface area contributed by atoms with Gasteiger partial charge in [-0.3, -0.25) is 9.59 Å². The average Bonchev–Trinajstić information content (AvgIpc) is 3.10. The van der Waals surface area contributed by atoms with E-state index in [-0.39, 0.29) is 34.4 Å². The van der Waals surface area contributed by atoms with Crippen molar-refractivity contribution in [3.63, 3.8) is 0 Å². The SMILES string of the molecule is N#Cc1c(CCCNC(=O)CNC(=O)c2ccc(Cl)cc2Cl)nn(-c2ccc(F)cc2)c1N. The molecule has 0 unspecified atom stereocenters. The fourth-order valence-electron chi connectivity index (χ4n) is 3.03. The van der Waals surface area contributed by atoms with Crippen LogP contribution in [0.2, 0.25) is 10.0 Å². The second-order valence-electron chi connectivity index (χ2n) is 6.97. The van der Waals surface area contributed by atoms with Crippen LogP contribution in [0.15, 0.2) is 42.5 Å². The Morgan fingerprint density at radius 2 is 1.88 bits per heavy atom. The summed E-state index contributed by atoms with van der Waals surface area (Å²) in [6.45, 7) is 0.0674. The lowest BCUT2D eigenvalue weighted by Crippen LogP contribution is -2.37. The molecular formula is C22H19Cl2FN6O2. The van der Waals surface area contributed by atoms with E-state index in [1.54, 1.807) is 0 Å². The Balaban J connectivity index is 1.50. The first-order valence-electron chi connectivity index (χ1n) is 9.83. The number of carbonyl (C=O) groups excluding carboxylic acids is 2. The van der Waals surface area contributed by atoms with Gasteiger partial charge in [-0.1, -0.05) is 23.2 Å². The predicted molar refractivity (Wildman–Crippen MR) is 123 cm³/mol. The third-order valence-corrected chi connectivity index (χ3v) is 5.22. The third-order valence-electron chi connectivity index (χ3n) is 4.67. The Kier molecular flexibility index (Phi) is 7.87. The molecule has 0 spiro atoms. The molecule has 0 radical (unpaired) electrons. The number of nitrogens with zero attached hydrogens (tertiary/aromatic N) is 3. The monoisotopic (exact) mass is 488 g/mol. The summed E-state index contributed by atoms with van der Waals surface area (Å²) >= 11 is 11.8. The highest BCUT2D eigenvalue weighted by Crippen LogP contribution is 2.22. The van der Waals surface area contributed by atoms with Crippen LogP contribution in [0.5, 0.6) is 0 Å². The number of benzene rings is 2. The first-order valence-corrected chi connectivity index (χ1v) is 10.6. The fraction of sp³-hybridized carbons (Fsp3) is 0.182. The maximum atomic E-state index is 13.2. The first-order chi connectivity index (χ1) is 15.8. The number of anilines is 1. The van der Waals surface area contributed by atoms with Crippen molar-refractivity contribution in [2.75, 3.05) is 18.8 Å². The summed E-state index contributed by atoms with van der Waals surface area (Å²) in [5, 5.41) is 19.5. The molecule has 0 aliphatic heterocycles. The number of rotatable bonds is 8. The summed E-state index contributed by atoms with van der Waals surface area (Å²) in [6.07, 6.45) is 0.867. The van der Waals surface area contributed by atoms with Crippen LogP contribution in [0.25, 0.3) is 5.69 Å². The van der Waals surface area contributed by atoms with Crippen molar-refractivity contribution in [2.45, 2.75) is 12.8 Å². The summed E-state index contributed by atoms with van der Waals surface area (Å²) in [7, 11) is 0. The summed E-state index contributed by atoms with van der Waals surface area (Å²) in [5.74, 6) is -1.11. The number of hydrogen-bond donors (Lipinski definition) is 3. The Morgan fingerprint density at radius 3 is 2.55 bits per heavy atom. The zero-order chi connectivity index (χ0) is 24.0. The number of nitrogens with two attached hydrogens (primary N) is 1. The van der Waals surface area contributed by atoms with Crippen LogP contribution in [0, 0.1) is 17.1 Å². The molecule has 33 heavy (non-hydrogen) atoms. The van der Waals surface area contributed by atoms with E-state index in [4.69, 9.17) is 28.9 Å². The second-order valence-corrected chi connectivity index (χ2v) is 7.81. The van der Waals surface area contributed by atoms with Gasteiger partial charge in [0.2, 0.25) is 5.91 Å². The quantitative estimate of drug-likeness (QED) is 0.419. The molecule has 0 saturated heterocycles. The summed E-state index contributed by atoms with van der Waals surface area (Å²) in [6, 6.07) is 12.0. The van der Waals surface area contributed by atoms with Gasteiger partial charge in [0.15, 0.2) is 0 Å². The van der Waals surface area contributed by atoms with Crippen LogP contribution in [0.1, 0.15) is 28.0 Å². The van der Waals surface area contributed by atoms with Gasteiger partial charge in [0.1, 0.15) is 23.3 Å². The minimum Gasteiger partial charge on any atom is -0.382 e. The molecule has 0 aliphatic carbocycles. The highest BCUT2D eigenvalue weighted by Gasteiger charge is 2.17. The van der Waals surface area contributed by atoms with Crippen molar-refractivity contribution in [1.82, 2.24) is 20.4 Å². The molecule has 1 heterocycles. The van der Waals surface area contributed by atoms with Crippen molar-refractivity contribution in [2.24, 2.45) is 0 Å². The van der Waals surface area contributed by atoms with Crippen LogP contribution < -0.4 is 16.4 Å². The van der Waals surface area contributed by atoms with Gasteiger partial charge in [-0.15, -0.1) is 0 Å². The fourth-order valence-corrected chi connectivity index (χ4v) is 3.52. The van der Waals surface area contributed by atoms with E-state index in [9.17, 15) is 19.2 Å². The van der Waals surface area contributed by atoms with Crippen LogP contribution in [0.3, 0.4) is 0 Å². The molecule has 8 nitrogen and oxygen atoms in total. The number of aromatic nitrogens is 2. The van der Waals surface area contributed by atoms with Gasteiger partial charge in [0.25, 0.3) is 5.91 Å². The molecule has 4 N–H and O–H groups in total. The molecule has 2 amide bonds.